The lowest BCUT2D eigenvalue weighted by Crippen LogP contribution is -2.31. The zero-order chi connectivity index (χ0) is 22.1. The van der Waals surface area contributed by atoms with Crippen molar-refractivity contribution in [1.82, 2.24) is 9.88 Å². The first-order valence-electron chi connectivity index (χ1n) is 9.51. The van der Waals surface area contributed by atoms with Crippen molar-refractivity contribution in [2.75, 3.05) is 6.26 Å². The molecule has 0 radical (unpaired) electrons. The Kier molecular flexibility index (Phi) is 5.98. The number of nitrogens with one attached hydrogen (secondary N) is 1. The summed E-state index contributed by atoms with van der Waals surface area (Å²) < 4.78 is 25.9. The van der Waals surface area contributed by atoms with E-state index in [-0.39, 0.29) is 22.9 Å². The molecule has 3 aromatic rings. The third kappa shape index (κ3) is 4.38. The molecule has 0 atom stereocenters. The van der Waals surface area contributed by atoms with Crippen LogP contribution in [0.2, 0.25) is 0 Å². The van der Waals surface area contributed by atoms with Crippen LogP contribution in [-0.4, -0.2) is 30.4 Å². The van der Waals surface area contributed by atoms with Crippen molar-refractivity contribution in [3.05, 3.63) is 64.6 Å². The van der Waals surface area contributed by atoms with E-state index in [1.165, 1.54) is 18.2 Å². The number of aromatic nitrogens is 1. The number of sulfone groups is 1. The van der Waals surface area contributed by atoms with Gasteiger partial charge in [0, 0.05) is 29.4 Å². The lowest BCUT2D eigenvalue weighted by molar-refractivity contribution is 0.193. The molecule has 3 rings (SSSR count). The minimum Gasteiger partial charge on any atom is -0.465 e. The van der Waals surface area contributed by atoms with Crippen LogP contribution in [0, 0.1) is 5.92 Å². The Hall–Kier alpha value is -3.13. The van der Waals surface area contributed by atoms with Gasteiger partial charge in [-0.2, -0.15) is 0 Å². The second kappa shape index (κ2) is 8.31. The van der Waals surface area contributed by atoms with Gasteiger partial charge in [0.15, 0.2) is 9.84 Å². The van der Waals surface area contributed by atoms with Gasteiger partial charge in [-0.05, 0) is 35.1 Å². The van der Waals surface area contributed by atoms with E-state index >= 15 is 0 Å². The fraction of sp³-hybridized carbons (Fsp3) is 0.273. The molecule has 0 unspecified atom stereocenters. The topological polar surface area (TPSA) is 105 Å². The fourth-order valence-electron chi connectivity index (χ4n) is 3.53. The number of nitrogens with zero attached hydrogens (tertiary/aromatic N) is 1. The summed E-state index contributed by atoms with van der Waals surface area (Å²) in [7, 11) is -3.49. The van der Waals surface area contributed by atoms with E-state index in [1.807, 2.05) is 44.2 Å². The summed E-state index contributed by atoms with van der Waals surface area (Å²) in [5.41, 5.74) is 1.64. The molecule has 0 aliphatic carbocycles. The Balaban J connectivity index is 2.49. The number of carboxylic acid groups (broad SMARTS) is 1. The third-order valence-electron chi connectivity index (χ3n) is 4.80. The minimum absolute atomic E-state index is 0.0828. The molecule has 0 spiro atoms. The Morgan fingerprint density at radius 2 is 1.77 bits per heavy atom. The monoisotopic (exact) mass is 428 g/mol. The van der Waals surface area contributed by atoms with E-state index in [9.17, 15) is 18.0 Å². The molecule has 0 bridgehead atoms. The van der Waals surface area contributed by atoms with Gasteiger partial charge in [-0.1, -0.05) is 44.2 Å². The van der Waals surface area contributed by atoms with Gasteiger partial charge in [-0.25, -0.2) is 13.2 Å². The van der Waals surface area contributed by atoms with E-state index in [4.69, 9.17) is 5.11 Å². The SMILES string of the molecule is CC(C)Cn1c(CNC(=O)O)c(-c2ccccc2)c2cc(S(C)(=O)=O)ccc2c1=O. The maximum Gasteiger partial charge on any atom is 0.404 e. The van der Waals surface area contributed by atoms with Crippen LogP contribution in [0.25, 0.3) is 21.9 Å². The number of pyridine rings is 1. The first-order chi connectivity index (χ1) is 14.1. The standard InChI is InChI=1S/C22H24N2O5S/c1-14(2)13-24-19(12-23-22(26)27)20(15-7-5-4-6-8-15)18-11-16(30(3,28)29)9-10-17(18)21(24)25/h4-11,14,23H,12-13H2,1-3H3,(H,26,27). The van der Waals surface area contributed by atoms with Crippen molar-refractivity contribution in [3.63, 3.8) is 0 Å². The van der Waals surface area contributed by atoms with Gasteiger partial charge in [-0.3, -0.25) is 4.79 Å². The fourth-order valence-corrected chi connectivity index (χ4v) is 4.18. The molecule has 1 aromatic heterocycles. The van der Waals surface area contributed by atoms with Crippen LogP contribution < -0.4 is 10.9 Å². The highest BCUT2D eigenvalue weighted by molar-refractivity contribution is 7.90. The highest BCUT2D eigenvalue weighted by Crippen LogP contribution is 2.32. The van der Waals surface area contributed by atoms with Gasteiger partial charge < -0.3 is 15.0 Å². The Bertz CT molecular complexity index is 1260. The molecule has 0 fully saturated rings. The number of carbonyl (C=O) groups is 1. The second-order valence-corrected chi connectivity index (χ2v) is 9.65. The minimum atomic E-state index is -3.49. The third-order valence-corrected chi connectivity index (χ3v) is 5.91. The summed E-state index contributed by atoms with van der Waals surface area (Å²) in [4.78, 5) is 24.6. The zero-order valence-corrected chi connectivity index (χ0v) is 17.9. The summed E-state index contributed by atoms with van der Waals surface area (Å²) in [5, 5.41) is 12.4. The van der Waals surface area contributed by atoms with Crippen molar-refractivity contribution >= 4 is 26.7 Å². The van der Waals surface area contributed by atoms with Crippen molar-refractivity contribution in [1.29, 1.82) is 0 Å². The van der Waals surface area contributed by atoms with E-state index in [0.29, 0.717) is 28.6 Å². The molecule has 2 N–H and O–H groups in total. The van der Waals surface area contributed by atoms with Crippen LogP contribution in [0.3, 0.4) is 0 Å². The number of hydrogen-bond acceptors (Lipinski definition) is 4. The van der Waals surface area contributed by atoms with Crippen LogP contribution in [0.15, 0.2) is 58.2 Å². The normalized spacial score (nSPS) is 11.7. The lowest BCUT2D eigenvalue weighted by Gasteiger charge is -2.21. The van der Waals surface area contributed by atoms with Crippen LogP contribution >= 0.6 is 0 Å². The number of fused-ring (bicyclic) bond motifs is 1. The summed E-state index contributed by atoms with van der Waals surface area (Å²) in [5.74, 6) is 0.141. The molecule has 7 nitrogen and oxygen atoms in total. The molecule has 158 valence electrons. The van der Waals surface area contributed by atoms with Gasteiger partial charge >= 0.3 is 6.09 Å². The Morgan fingerprint density at radius 1 is 1.10 bits per heavy atom. The molecular formula is C22H24N2O5S. The van der Waals surface area contributed by atoms with Crippen molar-refractivity contribution in [2.24, 2.45) is 5.92 Å². The van der Waals surface area contributed by atoms with Crippen molar-refractivity contribution < 1.29 is 18.3 Å². The van der Waals surface area contributed by atoms with Gasteiger partial charge in [0.25, 0.3) is 5.56 Å². The van der Waals surface area contributed by atoms with Gasteiger partial charge in [0.05, 0.1) is 11.4 Å². The molecule has 1 heterocycles. The second-order valence-electron chi connectivity index (χ2n) is 7.64. The van der Waals surface area contributed by atoms with Gasteiger partial charge in [0.1, 0.15) is 0 Å². The van der Waals surface area contributed by atoms with E-state index < -0.39 is 15.9 Å². The van der Waals surface area contributed by atoms with Crippen LogP contribution in [0.5, 0.6) is 0 Å². The molecule has 1 amide bonds. The van der Waals surface area contributed by atoms with Crippen molar-refractivity contribution in [3.8, 4) is 11.1 Å². The summed E-state index contributed by atoms with van der Waals surface area (Å²) in [6.45, 7) is 4.26. The molecule has 0 saturated carbocycles. The molecule has 0 aliphatic rings. The van der Waals surface area contributed by atoms with Crippen LogP contribution in [-0.2, 0) is 22.9 Å². The first-order valence-corrected chi connectivity index (χ1v) is 11.4. The summed E-state index contributed by atoms with van der Waals surface area (Å²) in [6.07, 6.45) is -0.0917. The number of benzene rings is 2. The maximum absolute atomic E-state index is 13.3. The van der Waals surface area contributed by atoms with E-state index in [1.54, 1.807) is 4.57 Å². The summed E-state index contributed by atoms with van der Waals surface area (Å²) in [6, 6.07) is 13.7. The zero-order valence-electron chi connectivity index (χ0n) is 17.0. The van der Waals surface area contributed by atoms with Gasteiger partial charge in [0.2, 0.25) is 0 Å². The predicted molar refractivity (Wildman–Crippen MR) is 116 cm³/mol. The summed E-state index contributed by atoms with van der Waals surface area (Å²) >= 11 is 0. The van der Waals surface area contributed by atoms with Crippen molar-refractivity contribution in [2.45, 2.75) is 31.8 Å². The van der Waals surface area contributed by atoms with Crippen LogP contribution in [0.1, 0.15) is 19.5 Å². The van der Waals surface area contributed by atoms with Crippen LogP contribution in [0.4, 0.5) is 4.79 Å². The predicted octanol–water partition coefficient (Wildman–Crippen LogP) is 3.50. The highest BCUT2D eigenvalue weighted by Gasteiger charge is 2.21. The average molecular weight is 429 g/mol. The smallest absolute Gasteiger partial charge is 0.404 e. The Morgan fingerprint density at radius 3 is 2.33 bits per heavy atom. The highest BCUT2D eigenvalue weighted by atomic mass is 32.2. The molecule has 30 heavy (non-hydrogen) atoms. The molecule has 0 aliphatic heterocycles. The molecular weight excluding hydrogens is 404 g/mol. The van der Waals surface area contributed by atoms with E-state index in [2.05, 4.69) is 5.32 Å². The maximum atomic E-state index is 13.3. The quantitative estimate of drug-likeness (QED) is 0.625. The number of amides is 1. The van der Waals surface area contributed by atoms with Gasteiger partial charge in [-0.15, -0.1) is 0 Å². The number of rotatable bonds is 6. The lowest BCUT2D eigenvalue weighted by atomic mass is 9.96. The number of hydrogen-bond donors (Lipinski definition) is 2. The molecule has 0 saturated heterocycles. The molecule has 8 heteroatoms. The van der Waals surface area contributed by atoms with E-state index in [0.717, 1.165) is 11.8 Å². The average Bonchev–Trinajstić information content (AvgIpc) is 2.68. The largest absolute Gasteiger partial charge is 0.465 e. The molecule has 2 aromatic carbocycles. The first kappa shape index (κ1) is 21.6. The Labute approximate surface area is 174 Å².